The first-order valence-corrected chi connectivity index (χ1v) is 7.44. The minimum absolute atomic E-state index is 0.123. The van der Waals surface area contributed by atoms with Gasteiger partial charge in [-0.25, -0.2) is 0 Å². The highest BCUT2D eigenvalue weighted by molar-refractivity contribution is 5.91. The Morgan fingerprint density at radius 3 is 2.30 bits per heavy atom. The first-order valence-electron chi connectivity index (χ1n) is 7.44. The van der Waals surface area contributed by atoms with Crippen molar-refractivity contribution in [3.63, 3.8) is 0 Å². The number of rotatable bonds is 4. The molecular weight excluding hydrogens is 254 g/mol. The first-order chi connectivity index (χ1) is 9.46. The van der Waals surface area contributed by atoms with Gasteiger partial charge in [0, 0.05) is 13.6 Å². The van der Waals surface area contributed by atoms with Gasteiger partial charge in [0.1, 0.15) is 11.5 Å². The highest BCUT2D eigenvalue weighted by Crippen LogP contribution is 2.34. The van der Waals surface area contributed by atoms with Crippen molar-refractivity contribution in [2.75, 3.05) is 13.6 Å². The van der Waals surface area contributed by atoms with Crippen LogP contribution in [-0.4, -0.2) is 36.3 Å². The van der Waals surface area contributed by atoms with Crippen LogP contribution in [0.15, 0.2) is 0 Å². The zero-order chi connectivity index (χ0) is 15.2. The average molecular weight is 279 g/mol. The smallest absolute Gasteiger partial charge is 0.244 e. The molecule has 0 aromatic rings. The van der Waals surface area contributed by atoms with E-state index in [0.717, 1.165) is 25.7 Å². The molecule has 1 atom stereocenters. The van der Waals surface area contributed by atoms with Crippen LogP contribution in [0.4, 0.5) is 0 Å². The SMILES string of the molecule is CCN(C)C(=O)C(C)NC(=O)C1(C#N)CCCCCC1. The quantitative estimate of drug-likeness (QED) is 0.798. The average Bonchev–Trinajstić information content (AvgIpc) is 2.71. The highest BCUT2D eigenvalue weighted by Gasteiger charge is 2.40. The summed E-state index contributed by atoms with van der Waals surface area (Å²) in [5.41, 5.74) is -0.949. The van der Waals surface area contributed by atoms with Gasteiger partial charge in [0.05, 0.1) is 6.07 Å². The zero-order valence-corrected chi connectivity index (χ0v) is 12.7. The molecule has 0 saturated heterocycles. The first kappa shape index (κ1) is 16.5. The van der Waals surface area contributed by atoms with Gasteiger partial charge < -0.3 is 10.2 Å². The predicted octanol–water partition coefficient (Wildman–Crippen LogP) is 1.83. The molecule has 1 unspecified atom stereocenters. The molecule has 1 fully saturated rings. The lowest BCUT2D eigenvalue weighted by molar-refractivity contribution is -0.137. The van der Waals surface area contributed by atoms with E-state index in [-0.39, 0.29) is 11.8 Å². The minimum atomic E-state index is -0.949. The molecule has 1 aliphatic rings. The van der Waals surface area contributed by atoms with Crippen molar-refractivity contribution >= 4 is 11.8 Å². The molecule has 0 aromatic carbocycles. The van der Waals surface area contributed by atoms with E-state index in [9.17, 15) is 14.9 Å². The molecule has 0 aromatic heterocycles. The Hall–Kier alpha value is -1.57. The summed E-state index contributed by atoms with van der Waals surface area (Å²) in [5, 5.41) is 12.2. The lowest BCUT2D eigenvalue weighted by Crippen LogP contribution is -2.50. The summed E-state index contributed by atoms with van der Waals surface area (Å²) in [6.07, 6.45) is 5.14. The Kier molecular flexibility index (Phi) is 6.00. The summed E-state index contributed by atoms with van der Waals surface area (Å²) in [6, 6.07) is 1.63. The summed E-state index contributed by atoms with van der Waals surface area (Å²) >= 11 is 0. The van der Waals surface area contributed by atoms with Crippen molar-refractivity contribution in [1.29, 1.82) is 5.26 Å². The monoisotopic (exact) mass is 279 g/mol. The van der Waals surface area contributed by atoms with Gasteiger partial charge in [0.15, 0.2) is 0 Å². The van der Waals surface area contributed by atoms with Crippen LogP contribution in [0, 0.1) is 16.7 Å². The van der Waals surface area contributed by atoms with Crippen LogP contribution in [0.25, 0.3) is 0 Å². The number of carbonyl (C=O) groups excluding carboxylic acids is 2. The topological polar surface area (TPSA) is 73.2 Å². The van der Waals surface area contributed by atoms with Crippen LogP contribution in [-0.2, 0) is 9.59 Å². The maximum absolute atomic E-state index is 12.4. The van der Waals surface area contributed by atoms with Crippen LogP contribution in [0.3, 0.4) is 0 Å². The second kappa shape index (κ2) is 7.28. The molecule has 0 heterocycles. The van der Waals surface area contributed by atoms with Gasteiger partial charge in [-0.2, -0.15) is 5.26 Å². The van der Waals surface area contributed by atoms with Gasteiger partial charge in [-0.05, 0) is 26.7 Å². The molecule has 1 aliphatic carbocycles. The fraction of sp³-hybridized carbons (Fsp3) is 0.800. The molecule has 5 heteroatoms. The van der Waals surface area contributed by atoms with Crippen molar-refractivity contribution in [3.05, 3.63) is 0 Å². The highest BCUT2D eigenvalue weighted by atomic mass is 16.2. The van der Waals surface area contributed by atoms with Crippen molar-refractivity contribution in [2.45, 2.75) is 58.4 Å². The number of amides is 2. The molecule has 0 bridgehead atoms. The summed E-state index contributed by atoms with van der Waals surface area (Å²) in [5.74, 6) is -0.408. The van der Waals surface area contributed by atoms with E-state index in [1.165, 1.54) is 0 Å². The van der Waals surface area contributed by atoms with Gasteiger partial charge >= 0.3 is 0 Å². The Morgan fingerprint density at radius 1 is 1.30 bits per heavy atom. The molecule has 0 radical (unpaired) electrons. The Balaban J connectivity index is 2.72. The number of hydrogen-bond donors (Lipinski definition) is 1. The molecule has 1 N–H and O–H groups in total. The summed E-state index contributed by atoms with van der Waals surface area (Å²) in [4.78, 5) is 26.0. The number of nitrogens with zero attached hydrogens (tertiary/aromatic N) is 2. The maximum Gasteiger partial charge on any atom is 0.244 e. The molecule has 0 aliphatic heterocycles. The normalized spacial score (nSPS) is 19.3. The van der Waals surface area contributed by atoms with Crippen molar-refractivity contribution < 1.29 is 9.59 Å². The molecular formula is C15H25N3O2. The van der Waals surface area contributed by atoms with Gasteiger partial charge in [-0.1, -0.05) is 25.7 Å². The van der Waals surface area contributed by atoms with Crippen LogP contribution >= 0.6 is 0 Å². The van der Waals surface area contributed by atoms with E-state index in [2.05, 4.69) is 11.4 Å². The number of likely N-dealkylation sites (N-methyl/N-ethyl adjacent to an activating group) is 1. The molecule has 20 heavy (non-hydrogen) atoms. The molecule has 1 rings (SSSR count). The standard InChI is InChI=1S/C15H25N3O2/c1-4-18(3)13(19)12(2)17-14(20)15(11-16)9-7-5-6-8-10-15/h12H,4-10H2,1-3H3,(H,17,20). The largest absolute Gasteiger partial charge is 0.344 e. The second-order valence-electron chi connectivity index (χ2n) is 5.66. The lowest BCUT2D eigenvalue weighted by Gasteiger charge is -2.27. The van der Waals surface area contributed by atoms with Gasteiger partial charge in [-0.15, -0.1) is 0 Å². The summed E-state index contributed by atoms with van der Waals surface area (Å²) in [6.45, 7) is 4.16. The van der Waals surface area contributed by atoms with Crippen LogP contribution in [0.2, 0.25) is 0 Å². The van der Waals surface area contributed by atoms with E-state index in [1.807, 2.05) is 6.92 Å². The third kappa shape index (κ3) is 3.72. The maximum atomic E-state index is 12.4. The van der Waals surface area contributed by atoms with E-state index < -0.39 is 11.5 Å². The molecule has 2 amide bonds. The Bertz CT molecular complexity index is 392. The molecule has 1 saturated carbocycles. The fourth-order valence-electron chi connectivity index (χ4n) is 2.60. The van der Waals surface area contributed by atoms with Crippen molar-refractivity contribution in [2.24, 2.45) is 5.41 Å². The lowest BCUT2D eigenvalue weighted by atomic mass is 9.81. The third-order valence-electron chi connectivity index (χ3n) is 4.17. The van der Waals surface area contributed by atoms with Crippen LogP contribution in [0.1, 0.15) is 52.4 Å². The van der Waals surface area contributed by atoms with E-state index in [4.69, 9.17) is 0 Å². The predicted molar refractivity (Wildman–Crippen MR) is 76.7 cm³/mol. The summed E-state index contributed by atoms with van der Waals surface area (Å²) < 4.78 is 0. The summed E-state index contributed by atoms with van der Waals surface area (Å²) in [7, 11) is 1.71. The van der Waals surface area contributed by atoms with Crippen LogP contribution < -0.4 is 5.32 Å². The Morgan fingerprint density at radius 2 is 1.85 bits per heavy atom. The fourth-order valence-corrected chi connectivity index (χ4v) is 2.60. The van der Waals surface area contributed by atoms with Gasteiger partial charge in [0.25, 0.3) is 0 Å². The Labute approximate surface area is 121 Å². The van der Waals surface area contributed by atoms with Crippen molar-refractivity contribution in [3.8, 4) is 6.07 Å². The van der Waals surface area contributed by atoms with E-state index >= 15 is 0 Å². The number of carbonyl (C=O) groups is 2. The zero-order valence-electron chi connectivity index (χ0n) is 12.7. The van der Waals surface area contributed by atoms with E-state index in [1.54, 1.807) is 18.9 Å². The minimum Gasteiger partial charge on any atom is -0.344 e. The number of nitriles is 1. The second-order valence-corrected chi connectivity index (χ2v) is 5.66. The van der Waals surface area contributed by atoms with Crippen molar-refractivity contribution in [1.82, 2.24) is 10.2 Å². The van der Waals surface area contributed by atoms with Crippen LogP contribution in [0.5, 0.6) is 0 Å². The van der Waals surface area contributed by atoms with E-state index in [0.29, 0.717) is 19.4 Å². The van der Waals surface area contributed by atoms with Gasteiger partial charge in [0.2, 0.25) is 11.8 Å². The molecule has 5 nitrogen and oxygen atoms in total. The molecule has 112 valence electrons. The number of nitrogens with one attached hydrogen (secondary N) is 1. The van der Waals surface area contributed by atoms with Gasteiger partial charge in [-0.3, -0.25) is 9.59 Å². The molecule has 0 spiro atoms. The third-order valence-corrected chi connectivity index (χ3v) is 4.17. The number of hydrogen-bond acceptors (Lipinski definition) is 3.